The van der Waals surface area contributed by atoms with Crippen LogP contribution < -0.4 is 10.6 Å². The molecular formula is C10H10F2N2O3. The minimum Gasteiger partial charge on any atom is -0.480 e. The van der Waals surface area contributed by atoms with Gasteiger partial charge in [-0.3, -0.25) is 4.79 Å². The van der Waals surface area contributed by atoms with Crippen LogP contribution in [0.2, 0.25) is 0 Å². The molecule has 1 aromatic carbocycles. The summed E-state index contributed by atoms with van der Waals surface area (Å²) in [6.45, 7) is 1.22. The van der Waals surface area contributed by atoms with Gasteiger partial charge in [-0.2, -0.15) is 0 Å². The van der Waals surface area contributed by atoms with Crippen LogP contribution >= 0.6 is 0 Å². The number of rotatable bonds is 3. The molecule has 0 radical (unpaired) electrons. The normalized spacial score (nSPS) is 11.7. The summed E-state index contributed by atoms with van der Waals surface area (Å²) in [6, 6.07) is 0.931. The van der Waals surface area contributed by atoms with Crippen LogP contribution in [-0.4, -0.2) is 23.1 Å². The van der Waals surface area contributed by atoms with E-state index in [-0.39, 0.29) is 0 Å². The Morgan fingerprint density at radius 1 is 1.29 bits per heavy atom. The van der Waals surface area contributed by atoms with Gasteiger partial charge in [0.05, 0.1) is 0 Å². The number of carbonyl (C=O) groups excluding carboxylic acids is 1. The number of hydrogen-bond acceptors (Lipinski definition) is 2. The third-order valence-corrected chi connectivity index (χ3v) is 1.92. The minimum atomic E-state index is -1.26. The zero-order valence-corrected chi connectivity index (χ0v) is 8.83. The first-order chi connectivity index (χ1) is 7.91. The van der Waals surface area contributed by atoms with Crippen molar-refractivity contribution < 1.29 is 23.5 Å². The second kappa shape index (κ2) is 5.24. The molecule has 0 bridgehead atoms. The number of carboxylic acid groups (broad SMARTS) is 1. The summed E-state index contributed by atoms with van der Waals surface area (Å²) in [6.07, 6.45) is 0. The molecule has 2 amide bonds. The van der Waals surface area contributed by atoms with E-state index in [9.17, 15) is 18.4 Å². The van der Waals surface area contributed by atoms with Crippen molar-refractivity contribution in [3.8, 4) is 0 Å². The number of anilines is 1. The first-order valence-electron chi connectivity index (χ1n) is 4.66. The van der Waals surface area contributed by atoms with Crippen LogP contribution in [0.4, 0.5) is 19.3 Å². The van der Waals surface area contributed by atoms with Gasteiger partial charge in [-0.05, 0) is 19.1 Å². The highest BCUT2D eigenvalue weighted by molar-refractivity contribution is 5.92. The van der Waals surface area contributed by atoms with Crippen molar-refractivity contribution in [1.29, 1.82) is 0 Å². The molecule has 7 heteroatoms. The van der Waals surface area contributed by atoms with Crippen molar-refractivity contribution in [2.24, 2.45) is 0 Å². The molecule has 0 heterocycles. The molecular weight excluding hydrogens is 234 g/mol. The van der Waals surface area contributed by atoms with Crippen molar-refractivity contribution in [3.05, 3.63) is 29.8 Å². The predicted octanol–water partition coefficient (Wildman–Crippen LogP) is 1.56. The molecule has 0 aliphatic heterocycles. The largest absolute Gasteiger partial charge is 0.480 e. The number of carbonyl (C=O) groups is 2. The third-order valence-electron chi connectivity index (χ3n) is 1.92. The average molecular weight is 244 g/mol. The van der Waals surface area contributed by atoms with Crippen LogP contribution in [0.25, 0.3) is 0 Å². The summed E-state index contributed by atoms with van der Waals surface area (Å²) in [7, 11) is 0. The zero-order valence-electron chi connectivity index (χ0n) is 8.83. The number of urea groups is 1. The number of benzene rings is 1. The fraction of sp³-hybridized carbons (Fsp3) is 0.200. The van der Waals surface area contributed by atoms with Crippen LogP contribution in [0.15, 0.2) is 18.2 Å². The van der Waals surface area contributed by atoms with Crippen LogP contribution in [0.3, 0.4) is 0 Å². The van der Waals surface area contributed by atoms with Crippen molar-refractivity contribution >= 4 is 17.7 Å². The zero-order chi connectivity index (χ0) is 13.0. The van der Waals surface area contributed by atoms with Gasteiger partial charge in [0.15, 0.2) is 0 Å². The molecule has 1 aromatic rings. The molecule has 0 unspecified atom stereocenters. The highest BCUT2D eigenvalue weighted by atomic mass is 19.1. The maximum Gasteiger partial charge on any atom is 0.325 e. The third kappa shape index (κ3) is 3.40. The lowest BCUT2D eigenvalue weighted by molar-refractivity contribution is -0.138. The van der Waals surface area contributed by atoms with Gasteiger partial charge in [-0.15, -0.1) is 0 Å². The fourth-order valence-corrected chi connectivity index (χ4v) is 1.03. The Balaban J connectivity index is 2.72. The Morgan fingerprint density at radius 2 is 1.82 bits per heavy atom. The molecule has 0 aliphatic rings. The van der Waals surface area contributed by atoms with E-state index in [2.05, 4.69) is 0 Å². The summed E-state index contributed by atoms with van der Waals surface area (Å²) >= 11 is 0. The molecule has 0 saturated carbocycles. The summed E-state index contributed by atoms with van der Waals surface area (Å²) in [5.41, 5.74) is -0.623. The number of hydrogen-bond donors (Lipinski definition) is 3. The van der Waals surface area contributed by atoms with Crippen LogP contribution in [0, 0.1) is 11.6 Å². The van der Waals surface area contributed by atoms with Crippen molar-refractivity contribution in [2.45, 2.75) is 13.0 Å². The first kappa shape index (κ1) is 12.9. The number of carboxylic acids is 1. The van der Waals surface area contributed by atoms with Gasteiger partial charge in [-0.1, -0.05) is 6.07 Å². The van der Waals surface area contributed by atoms with Crippen LogP contribution in [0.5, 0.6) is 0 Å². The molecule has 17 heavy (non-hydrogen) atoms. The molecule has 0 fully saturated rings. The predicted molar refractivity (Wildman–Crippen MR) is 55.6 cm³/mol. The fourth-order valence-electron chi connectivity index (χ4n) is 1.03. The number of para-hydroxylation sites is 1. The lowest BCUT2D eigenvalue weighted by Gasteiger charge is -2.11. The first-order valence-corrected chi connectivity index (χ1v) is 4.66. The molecule has 1 rings (SSSR count). The van der Waals surface area contributed by atoms with E-state index in [0.717, 1.165) is 18.2 Å². The molecule has 0 spiro atoms. The molecule has 92 valence electrons. The van der Waals surface area contributed by atoms with E-state index < -0.39 is 35.4 Å². The topological polar surface area (TPSA) is 78.4 Å². The maximum absolute atomic E-state index is 13.1. The van der Waals surface area contributed by atoms with Gasteiger partial charge >= 0.3 is 12.0 Å². The van der Waals surface area contributed by atoms with E-state index >= 15 is 0 Å². The standard InChI is InChI=1S/C10H10F2N2O3/c1-5(9(15)16)13-10(17)14-8-6(11)3-2-4-7(8)12/h2-5H,1H3,(H,15,16)(H2,13,14,17)/t5-/m0/s1. The molecule has 0 saturated heterocycles. The Labute approximate surface area is 95.4 Å². The van der Waals surface area contributed by atoms with Crippen molar-refractivity contribution in [3.63, 3.8) is 0 Å². The van der Waals surface area contributed by atoms with Crippen LogP contribution in [0.1, 0.15) is 6.92 Å². The molecule has 0 aliphatic carbocycles. The molecule has 0 aromatic heterocycles. The van der Waals surface area contributed by atoms with E-state index in [4.69, 9.17) is 5.11 Å². The lowest BCUT2D eigenvalue weighted by atomic mass is 10.3. The Morgan fingerprint density at radius 3 is 2.29 bits per heavy atom. The van der Waals surface area contributed by atoms with Gasteiger partial charge in [0, 0.05) is 0 Å². The lowest BCUT2D eigenvalue weighted by Crippen LogP contribution is -2.41. The number of halogens is 2. The smallest absolute Gasteiger partial charge is 0.325 e. The SMILES string of the molecule is C[C@H](NC(=O)Nc1c(F)cccc1F)C(=O)O. The summed E-state index contributed by atoms with van der Waals surface area (Å²) < 4.78 is 26.2. The summed E-state index contributed by atoms with van der Waals surface area (Å²) in [4.78, 5) is 21.6. The van der Waals surface area contributed by atoms with Crippen molar-refractivity contribution in [1.82, 2.24) is 5.32 Å². The van der Waals surface area contributed by atoms with Gasteiger partial charge in [-0.25, -0.2) is 13.6 Å². The van der Waals surface area contributed by atoms with Gasteiger partial charge in [0.1, 0.15) is 23.4 Å². The monoisotopic (exact) mass is 244 g/mol. The molecule has 3 N–H and O–H groups in total. The molecule has 5 nitrogen and oxygen atoms in total. The van der Waals surface area contributed by atoms with Gasteiger partial charge in [0.25, 0.3) is 0 Å². The second-order valence-electron chi connectivity index (χ2n) is 3.26. The van der Waals surface area contributed by atoms with E-state index in [1.807, 2.05) is 10.6 Å². The summed E-state index contributed by atoms with van der Waals surface area (Å²) in [5.74, 6) is -3.14. The quantitative estimate of drug-likeness (QED) is 0.755. The van der Waals surface area contributed by atoms with E-state index in [0.29, 0.717) is 0 Å². The maximum atomic E-state index is 13.1. The average Bonchev–Trinajstić information content (AvgIpc) is 2.23. The number of nitrogens with one attached hydrogen (secondary N) is 2. The van der Waals surface area contributed by atoms with Gasteiger partial charge in [0.2, 0.25) is 0 Å². The van der Waals surface area contributed by atoms with Crippen LogP contribution in [-0.2, 0) is 4.79 Å². The highest BCUT2D eigenvalue weighted by Crippen LogP contribution is 2.17. The Bertz CT molecular complexity index is 431. The van der Waals surface area contributed by atoms with Gasteiger partial charge < -0.3 is 15.7 Å². The Kier molecular flexibility index (Phi) is 3.97. The number of amides is 2. The van der Waals surface area contributed by atoms with E-state index in [1.54, 1.807) is 0 Å². The second-order valence-corrected chi connectivity index (χ2v) is 3.26. The summed E-state index contributed by atoms with van der Waals surface area (Å²) in [5, 5.41) is 12.4. The molecule has 1 atom stereocenters. The Hall–Kier alpha value is -2.18. The minimum absolute atomic E-state index is 0.623. The number of aliphatic carboxylic acids is 1. The van der Waals surface area contributed by atoms with E-state index in [1.165, 1.54) is 6.92 Å². The van der Waals surface area contributed by atoms with Crippen molar-refractivity contribution in [2.75, 3.05) is 5.32 Å². The highest BCUT2D eigenvalue weighted by Gasteiger charge is 2.16.